The smallest absolute Gasteiger partial charge is 0.270 e. The normalized spacial score (nSPS) is 23.0. The SMILES string of the molecule is CCCCOc1ccc([C@@H]2SCC(=O)Nc3c2c(=O)[nH]n3[C@H]2CCOC(C)(C)C2)cc1. The number of fused-ring (bicyclic) bond motifs is 1. The van der Waals surface area contributed by atoms with Crippen LogP contribution in [0.15, 0.2) is 29.1 Å². The molecule has 2 aliphatic rings. The first kappa shape index (κ1) is 22.0. The van der Waals surface area contributed by atoms with Crippen molar-refractivity contribution in [2.75, 3.05) is 24.3 Å². The minimum atomic E-state index is -0.270. The van der Waals surface area contributed by atoms with E-state index in [0.717, 1.165) is 37.0 Å². The fraction of sp³-hybridized carbons (Fsp3) is 0.565. The third-order valence-electron chi connectivity index (χ3n) is 5.85. The number of hydrogen-bond donors (Lipinski definition) is 2. The third kappa shape index (κ3) is 4.85. The monoisotopic (exact) mass is 445 g/mol. The molecule has 2 aliphatic heterocycles. The number of H-pyrrole nitrogens is 1. The van der Waals surface area contributed by atoms with Crippen molar-refractivity contribution in [3.63, 3.8) is 0 Å². The van der Waals surface area contributed by atoms with Gasteiger partial charge in [-0.25, -0.2) is 0 Å². The summed E-state index contributed by atoms with van der Waals surface area (Å²) in [5, 5.41) is 5.77. The van der Waals surface area contributed by atoms with Crippen LogP contribution in [0, 0.1) is 0 Å². The topological polar surface area (TPSA) is 85.4 Å². The molecule has 2 atom stereocenters. The molecule has 2 aromatic rings. The van der Waals surface area contributed by atoms with Gasteiger partial charge in [-0.3, -0.25) is 19.4 Å². The summed E-state index contributed by atoms with van der Waals surface area (Å²) < 4.78 is 13.5. The molecule has 1 saturated heterocycles. The van der Waals surface area contributed by atoms with E-state index in [1.54, 1.807) is 0 Å². The molecule has 0 spiro atoms. The van der Waals surface area contributed by atoms with Crippen molar-refractivity contribution in [3.8, 4) is 5.75 Å². The van der Waals surface area contributed by atoms with Crippen LogP contribution in [0.4, 0.5) is 5.82 Å². The molecule has 0 aliphatic carbocycles. The number of hydrogen-bond acceptors (Lipinski definition) is 5. The Bertz CT molecular complexity index is 980. The van der Waals surface area contributed by atoms with Gasteiger partial charge in [0.15, 0.2) is 0 Å². The molecule has 1 fully saturated rings. The Balaban J connectivity index is 1.66. The van der Waals surface area contributed by atoms with Crippen LogP contribution in [-0.2, 0) is 9.53 Å². The van der Waals surface area contributed by atoms with E-state index in [0.29, 0.717) is 30.3 Å². The molecule has 0 unspecified atom stereocenters. The maximum Gasteiger partial charge on any atom is 0.270 e. The summed E-state index contributed by atoms with van der Waals surface area (Å²) in [6.45, 7) is 7.56. The first-order valence-corrected chi connectivity index (χ1v) is 12.1. The molecule has 1 aromatic heterocycles. The van der Waals surface area contributed by atoms with E-state index < -0.39 is 0 Å². The summed E-state index contributed by atoms with van der Waals surface area (Å²) >= 11 is 1.48. The van der Waals surface area contributed by atoms with Crippen molar-refractivity contribution < 1.29 is 14.3 Å². The van der Waals surface area contributed by atoms with Crippen LogP contribution in [0.5, 0.6) is 5.75 Å². The van der Waals surface area contributed by atoms with Crippen LogP contribution < -0.4 is 15.6 Å². The zero-order chi connectivity index (χ0) is 22.0. The van der Waals surface area contributed by atoms with Crippen molar-refractivity contribution in [1.82, 2.24) is 9.78 Å². The molecule has 0 bridgehead atoms. The Labute approximate surface area is 186 Å². The number of nitrogens with zero attached hydrogens (tertiary/aromatic N) is 1. The largest absolute Gasteiger partial charge is 0.494 e. The highest BCUT2D eigenvalue weighted by atomic mass is 32.2. The second-order valence-corrected chi connectivity index (χ2v) is 9.93. The number of nitrogens with one attached hydrogen (secondary N) is 2. The predicted octanol–water partition coefficient (Wildman–Crippen LogP) is 4.26. The molecule has 1 amide bonds. The number of ether oxygens (including phenoxy) is 2. The Morgan fingerprint density at radius 3 is 2.74 bits per heavy atom. The van der Waals surface area contributed by atoms with Gasteiger partial charge in [0.25, 0.3) is 5.56 Å². The Hall–Kier alpha value is -2.19. The van der Waals surface area contributed by atoms with Crippen LogP contribution in [0.3, 0.4) is 0 Å². The average molecular weight is 446 g/mol. The highest BCUT2D eigenvalue weighted by molar-refractivity contribution is 8.00. The molecule has 3 heterocycles. The highest BCUT2D eigenvalue weighted by Crippen LogP contribution is 2.42. The average Bonchev–Trinajstić information content (AvgIpc) is 2.94. The van der Waals surface area contributed by atoms with Crippen LogP contribution in [-0.4, -0.2) is 40.3 Å². The number of aromatic nitrogens is 2. The zero-order valence-corrected chi connectivity index (χ0v) is 19.2. The number of unbranched alkanes of at least 4 members (excludes halogenated alkanes) is 1. The number of aromatic amines is 1. The third-order valence-corrected chi connectivity index (χ3v) is 7.12. The lowest BCUT2D eigenvalue weighted by Crippen LogP contribution is -2.36. The summed E-state index contributed by atoms with van der Waals surface area (Å²) in [6.07, 6.45) is 3.66. The van der Waals surface area contributed by atoms with Gasteiger partial charge >= 0.3 is 0 Å². The van der Waals surface area contributed by atoms with Crippen LogP contribution in [0.25, 0.3) is 0 Å². The van der Waals surface area contributed by atoms with E-state index in [1.807, 2.05) is 28.9 Å². The molecule has 4 rings (SSSR count). The maximum absolute atomic E-state index is 13.1. The molecule has 31 heavy (non-hydrogen) atoms. The van der Waals surface area contributed by atoms with Crippen molar-refractivity contribution >= 4 is 23.5 Å². The van der Waals surface area contributed by atoms with E-state index in [4.69, 9.17) is 9.47 Å². The fourth-order valence-electron chi connectivity index (χ4n) is 4.27. The van der Waals surface area contributed by atoms with Crippen molar-refractivity contribution in [3.05, 3.63) is 45.7 Å². The summed E-state index contributed by atoms with van der Waals surface area (Å²) in [6, 6.07) is 7.94. The number of thioether (sulfide) groups is 1. The zero-order valence-electron chi connectivity index (χ0n) is 18.4. The number of carbonyl (C=O) groups is 1. The molecular weight excluding hydrogens is 414 g/mol. The second-order valence-electron chi connectivity index (χ2n) is 8.84. The van der Waals surface area contributed by atoms with Gasteiger partial charge in [0.2, 0.25) is 5.91 Å². The van der Waals surface area contributed by atoms with Crippen molar-refractivity contribution in [2.45, 2.75) is 63.3 Å². The van der Waals surface area contributed by atoms with Gasteiger partial charge < -0.3 is 14.8 Å². The number of rotatable bonds is 6. The standard InChI is InChI=1S/C23H31N3O4S/c1-4-5-11-29-17-8-6-15(7-9-17)20-19-21(24-18(27)14-31-20)26(25-22(19)28)16-10-12-30-23(2,3)13-16/h6-9,16,20H,4-5,10-14H2,1-3H3,(H,24,27)(H,25,28)/t16-,20-/m0/s1. The highest BCUT2D eigenvalue weighted by Gasteiger charge is 2.35. The van der Waals surface area contributed by atoms with Gasteiger partial charge in [-0.15, -0.1) is 11.8 Å². The lowest BCUT2D eigenvalue weighted by atomic mass is 9.94. The Morgan fingerprint density at radius 2 is 2.03 bits per heavy atom. The molecule has 0 saturated carbocycles. The predicted molar refractivity (Wildman–Crippen MR) is 123 cm³/mol. The fourth-order valence-corrected chi connectivity index (χ4v) is 5.40. The number of benzene rings is 1. The Kier molecular flexibility index (Phi) is 6.48. The van der Waals surface area contributed by atoms with E-state index in [9.17, 15) is 9.59 Å². The van der Waals surface area contributed by atoms with E-state index >= 15 is 0 Å². The lowest BCUT2D eigenvalue weighted by Gasteiger charge is -2.36. The van der Waals surface area contributed by atoms with Gasteiger partial charge in [-0.1, -0.05) is 25.5 Å². The summed E-state index contributed by atoms with van der Waals surface area (Å²) in [5.74, 6) is 1.62. The number of anilines is 1. The van der Waals surface area contributed by atoms with Crippen molar-refractivity contribution in [1.29, 1.82) is 0 Å². The summed E-state index contributed by atoms with van der Waals surface area (Å²) in [5.41, 5.74) is 1.18. The van der Waals surface area contributed by atoms with Gasteiger partial charge in [0.1, 0.15) is 11.6 Å². The molecule has 2 N–H and O–H groups in total. The van der Waals surface area contributed by atoms with Gasteiger partial charge in [-0.2, -0.15) is 0 Å². The molecule has 7 nitrogen and oxygen atoms in total. The number of carbonyl (C=O) groups excluding carboxylic acids is 1. The van der Waals surface area contributed by atoms with Gasteiger partial charge in [0.05, 0.1) is 34.8 Å². The Morgan fingerprint density at radius 1 is 1.26 bits per heavy atom. The summed E-state index contributed by atoms with van der Waals surface area (Å²) in [7, 11) is 0. The second kappa shape index (κ2) is 9.12. The van der Waals surface area contributed by atoms with E-state index in [1.165, 1.54) is 11.8 Å². The van der Waals surface area contributed by atoms with Crippen LogP contribution >= 0.6 is 11.8 Å². The lowest BCUT2D eigenvalue weighted by molar-refractivity contribution is -0.113. The number of amides is 1. The summed E-state index contributed by atoms with van der Waals surface area (Å²) in [4.78, 5) is 25.6. The van der Waals surface area contributed by atoms with Gasteiger partial charge in [0, 0.05) is 6.61 Å². The maximum atomic E-state index is 13.1. The molecule has 168 valence electrons. The van der Waals surface area contributed by atoms with Crippen LogP contribution in [0.2, 0.25) is 0 Å². The van der Waals surface area contributed by atoms with E-state index in [-0.39, 0.29) is 28.4 Å². The molecule has 1 aromatic carbocycles. The first-order chi connectivity index (χ1) is 14.9. The molecule has 8 heteroatoms. The minimum Gasteiger partial charge on any atom is -0.494 e. The van der Waals surface area contributed by atoms with Crippen LogP contribution in [0.1, 0.15) is 68.9 Å². The molecular formula is C23H31N3O4S. The van der Waals surface area contributed by atoms with Gasteiger partial charge in [-0.05, 0) is 50.8 Å². The molecule has 0 radical (unpaired) electrons. The first-order valence-electron chi connectivity index (χ1n) is 11.0. The van der Waals surface area contributed by atoms with Crippen molar-refractivity contribution in [2.24, 2.45) is 0 Å². The van der Waals surface area contributed by atoms with E-state index in [2.05, 4.69) is 31.2 Å². The minimum absolute atomic E-state index is 0.0681. The quantitative estimate of drug-likeness (QED) is 0.649.